The summed E-state index contributed by atoms with van der Waals surface area (Å²) in [5, 5.41) is 47.7. The van der Waals surface area contributed by atoms with Gasteiger partial charge in [0.25, 0.3) is 0 Å². The van der Waals surface area contributed by atoms with Crippen LogP contribution >= 0.6 is 0 Å². The Bertz CT molecular complexity index is 4480. The molecule has 0 amide bonds. The van der Waals surface area contributed by atoms with Gasteiger partial charge >= 0.3 is 0 Å². The van der Waals surface area contributed by atoms with Crippen LogP contribution in [0.3, 0.4) is 0 Å². The summed E-state index contributed by atoms with van der Waals surface area (Å²) in [4.78, 5) is 20.0. The van der Waals surface area contributed by atoms with Gasteiger partial charge in [0, 0.05) is 43.8 Å². The molecule has 6 aromatic heterocycles. The topological polar surface area (TPSA) is 180 Å². The van der Waals surface area contributed by atoms with Gasteiger partial charge in [-0.25, -0.2) is 9.97 Å². The van der Waals surface area contributed by atoms with E-state index in [-0.39, 0.29) is 0 Å². The fourth-order valence-electron chi connectivity index (χ4n) is 11.8. The van der Waals surface area contributed by atoms with E-state index < -0.39 is 0 Å². The van der Waals surface area contributed by atoms with Crippen LogP contribution in [-0.2, 0) is 0 Å². The Morgan fingerprint density at radius 3 is 0.658 bits per heavy atom. The van der Waals surface area contributed by atoms with Crippen LogP contribution in [0.25, 0.3) is 154 Å². The minimum atomic E-state index is 0.700. The largest absolute Gasteiger partial charge is 0.351 e. The summed E-state index contributed by atoms with van der Waals surface area (Å²) in [5.74, 6) is 0. The van der Waals surface area contributed by atoms with Gasteiger partial charge in [-0.05, 0) is 91.6 Å². The molecule has 2 aliphatic heterocycles. The van der Waals surface area contributed by atoms with Crippen LogP contribution in [0.4, 0.5) is 0 Å². The third kappa shape index (κ3) is 5.76. The molecule has 76 heavy (non-hydrogen) atoms. The molecule has 2 N–H and O–H groups in total. The lowest BCUT2D eigenvalue weighted by atomic mass is 9.96. The predicted molar refractivity (Wildman–Crippen MR) is 295 cm³/mol. The Morgan fingerprint density at radius 2 is 0.447 bits per heavy atom. The fraction of sp³-hybridized carbons (Fsp3) is 0. The lowest BCUT2D eigenvalue weighted by Crippen LogP contribution is -1.97. The summed E-state index contributed by atoms with van der Waals surface area (Å²) in [6.45, 7) is 0. The number of benzene rings is 8. The van der Waals surface area contributed by atoms with Gasteiger partial charge in [-0.1, -0.05) is 97.1 Å². The first-order valence-electron chi connectivity index (χ1n) is 24.6. The highest BCUT2D eigenvalue weighted by atomic mass is 15.3. The van der Waals surface area contributed by atoms with Crippen molar-refractivity contribution in [1.29, 1.82) is 0 Å². The monoisotopic (exact) mass is 978 g/mol. The van der Waals surface area contributed by atoms with Crippen molar-refractivity contribution in [2.24, 2.45) is 0 Å². The van der Waals surface area contributed by atoms with Crippen molar-refractivity contribution in [2.75, 3.05) is 0 Å². The fourth-order valence-corrected chi connectivity index (χ4v) is 11.8. The summed E-state index contributed by atoms with van der Waals surface area (Å²) in [6, 6.07) is 51.7. The van der Waals surface area contributed by atoms with Crippen LogP contribution in [0, 0.1) is 0 Å². The van der Waals surface area contributed by atoms with Crippen molar-refractivity contribution in [3.63, 3.8) is 0 Å². The Kier molecular flexibility index (Phi) is 8.15. The minimum absolute atomic E-state index is 0.700. The SMILES string of the molecule is c1ccc2cc3c(cc2c1)-c1nc-3c(-n2cnnc2)c2[nH]c(c(-n3cnnc3)c3nc(c(-n4cnnc4)c4[nH]c(c1-n1cnnc1)c1cc5ccccc5cc41)-c1cc4ccccc4cc1-3)c1cc3ccccc3cc21. The van der Waals surface area contributed by atoms with Gasteiger partial charge in [-0.2, -0.15) is 0 Å². The first-order chi connectivity index (χ1) is 37.7. The van der Waals surface area contributed by atoms with Gasteiger partial charge < -0.3 is 9.97 Å². The Hall–Kier alpha value is -11.0. The van der Waals surface area contributed by atoms with Gasteiger partial charge in [0.05, 0.1) is 67.6 Å². The van der Waals surface area contributed by atoms with Gasteiger partial charge in [-0.15, -0.1) is 40.8 Å². The highest BCUT2D eigenvalue weighted by Gasteiger charge is 2.31. The van der Waals surface area contributed by atoms with Crippen molar-refractivity contribution in [1.82, 2.24) is 79.0 Å². The molecule has 14 aromatic rings. The number of hydrogen-bond acceptors (Lipinski definition) is 10. The minimum Gasteiger partial charge on any atom is -0.351 e. The quantitative estimate of drug-likeness (QED) is 0.172. The van der Waals surface area contributed by atoms with Crippen molar-refractivity contribution in [3.8, 4) is 67.8 Å². The van der Waals surface area contributed by atoms with Crippen LogP contribution in [0.2, 0.25) is 0 Å². The highest BCUT2D eigenvalue weighted by molar-refractivity contribution is 6.21. The van der Waals surface area contributed by atoms with Crippen molar-refractivity contribution >= 4 is 86.7 Å². The van der Waals surface area contributed by atoms with Gasteiger partial charge in [0.1, 0.15) is 50.6 Å². The average molecular weight is 979 g/mol. The first-order valence-corrected chi connectivity index (χ1v) is 24.6. The van der Waals surface area contributed by atoms with E-state index in [0.717, 1.165) is 132 Å². The van der Waals surface area contributed by atoms with Crippen molar-refractivity contribution in [3.05, 3.63) is 196 Å². The summed E-state index contributed by atoms with van der Waals surface area (Å²) < 4.78 is 7.83. The van der Waals surface area contributed by atoms with E-state index in [4.69, 9.17) is 9.97 Å². The normalized spacial score (nSPS) is 12.2. The van der Waals surface area contributed by atoms with Crippen LogP contribution in [0.15, 0.2) is 196 Å². The van der Waals surface area contributed by atoms with Crippen LogP contribution in [0.5, 0.6) is 0 Å². The molecule has 8 aromatic carbocycles. The van der Waals surface area contributed by atoms with Crippen molar-refractivity contribution in [2.45, 2.75) is 0 Å². The van der Waals surface area contributed by atoms with E-state index in [1.807, 2.05) is 18.3 Å². The lowest BCUT2D eigenvalue weighted by molar-refractivity contribution is 1.04. The second-order valence-corrected chi connectivity index (χ2v) is 19.2. The van der Waals surface area contributed by atoms with Crippen molar-refractivity contribution < 1.29 is 0 Å². The van der Waals surface area contributed by atoms with E-state index in [1.54, 1.807) is 50.6 Å². The van der Waals surface area contributed by atoms with Gasteiger partial charge in [0.2, 0.25) is 0 Å². The zero-order chi connectivity index (χ0) is 49.6. The summed E-state index contributed by atoms with van der Waals surface area (Å²) >= 11 is 0. The number of fused-ring (bicyclic) bond motifs is 4. The average Bonchev–Trinajstić information content (AvgIpc) is 4.32. The molecule has 17 rings (SSSR count). The number of aromatic amines is 2. The van der Waals surface area contributed by atoms with Crippen LogP contribution < -0.4 is 0 Å². The number of aromatic nitrogens is 16. The number of H-pyrrole nitrogens is 2. The number of hydrogen-bond donors (Lipinski definition) is 2. The van der Waals surface area contributed by atoms with Gasteiger partial charge in [0.15, 0.2) is 0 Å². The molecule has 354 valence electrons. The summed E-state index contributed by atoms with van der Waals surface area (Å²) in [7, 11) is 0. The molecule has 0 unspecified atom stereocenters. The molecule has 16 nitrogen and oxygen atoms in total. The highest BCUT2D eigenvalue weighted by Crippen LogP contribution is 2.50. The lowest BCUT2D eigenvalue weighted by Gasteiger charge is -2.10. The molecule has 1 aliphatic carbocycles. The molecule has 0 fully saturated rings. The van der Waals surface area contributed by atoms with E-state index in [9.17, 15) is 0 Å². The Labute approximate surface area is 427 Å². The third-order valence-electron chi connectivity index (χ3n) is 15.1. The number of nitrogens with zero attached hydrogens (tertiary/aromatic N) is 14. The molecular formula is C60H34N16. The van der Waals surface area contributed by atoms with E-state index in [2.05, 4.69) is 196 Å². The standard InChI is InChI=1S/C60H34N16/c1-2-10-34-18-42-41(17-33(34)9-1)49-57(73-25-61-62-26-73)51-43-19-35-11-3-4-12-36(35)20-44(43)53(70-51)59(75-29-65-66-30-75)55-47-23-39-15-7-8-16-40(39)24-48(47)56(72-55)60(76-31-67-68-32-76)54-46-22-38-14-6-5-13-37(38)21-45(46)52(71-54)58(50(42)69-49)74-27-63-64-28-74/h1-32,69,72H. The predicted octanol–water partition coefficient (Wildman–Crippen LogP) is 12.2. The number of rotatable bonds is 4. The maximum absolute atomic E-state index is 5.90. The Morgan fingerprint density at radius 1 is 0.250 bits per heavy atom. The smallest absolute Gasteiger partial charge is 0.124 e. The molecule has 16 heteroatoms. The molecule has 0 radical (unpaired) electrons. The summed E-state index contributed by atoms with van der Waals surface area (Å²) in [5.41, 5.74) is 12.6. The van der Waals surface area contributed by atoms with E-state index in [0.29, 0.717) is 22.8 Å². The molecule has 0 atom stereocenters. The molecular weight excluding hydrogens is 945 g/mol. The van der Waals surface area contributed by atoms with Gasteiger partial charge in [-0.3, -0.25) is 18.3 Å². The molecule has 3 aliphatic rings. The molecule has 8 bridgehead atoms. The molecule has 0 saturated heterocycles. The second kappa shape index (κ2) is 15.3. The third-order valence-corrected chi connectivity index (χ3v) is 15.1. The molecule has 8 heterocycles. The van der Waals surface area contributed by atoms with Crippen LogP contribution in [0.1, 0.15) is 0 Å². The molecule has 0 spiro atoms. The Balaban J connectivity index is 1.22. The van der Waals surface area contributed by atoms with E-state index in [1.165, 1.54) is 0 Å². The maximum Gasteiger partial charge on any atom is 0.124 e. The zero-order valence-electron chi connectivity index (χ0n) is 39.7. The van der Waals surface area contributed by atoms with E-state index >= 15 is 0 Å². The zero-order valence-corrected chi connectivity index (χ0v) is 39.7. The van der Waals surface area contributed by atoms with Crippen LogP contribution in [-0.4, -0.2) is 79.0 Å². The second-order valence-electron chi connectivity index (χ2n) is 19.2. The molecule has 0 saturated carbocycles. The maximum atomic E-state index is 5.90. The number of nitrogens with one attached hydrogen (secondary N) is 2. The summed E-state index contributed by atoms with van der Waals surface area (Å²) in [6.07, 6.45) is 13.9. The first kappa shape index (κ1) is 40.6.